The van der Waals surface area contributed by atoms with E-state index in [4.69, 9.17) is 11.6 Å². The van der Waals surface area contributed by atoms with Gasteiger partial charge in [0, 0.05) is 9.26 Å². The lowest BCUT2D eigenvalue weighted by atomic mass is 10.1. The van der Waals surface area contributed by atoms with E-state index in [1.165, 1.54) is 9.13 Å². The first-order valence-electron chi connectivity index (χ1n) is 4.59. The normalized spacial score (nSPS) is 10.2. The van der Waals surface area contributed by atoms with E-state index < -0.39 is 0 Å². The molecule has 0 aliphatic rings. The van der Waals surface area contributed by atoms with Gasteiger partial charge in [-0.1, -0.05) is 6.07 Å². The van der Waals surface area contributed by atoms with Crippen molar-refractivity contribution < 1.29 is 4.79 Å². The van der Waals surface area contributed by atoms with Crippen LogP contribution in [0.2, 0.25) is 0 Å². The van der Waals surface area contributed by atoms with Crippen molar-refractivity contribution in [1.82, 2.24) is 0 Å². The zero-order chi connectivity index (χ0) is 11.6. The Morgan fingerprint density at radius 3 is 2.53 bits per heavy atom. The third kappa shape index (κ3) is 2.84. The van der Waals surface area contributed by atoms with Crippen molar-refractivity contribution in [2.24, 2.45) is 0 Å². The highest BCUT2D eigenvalue weighted by atomic mass is 127. The molecule has 0 atom stereocenters. The lowest BCUT2D eigenvalue weighted by Gasteiger charge is -2.14. The fourth-order valence-electron chi connectivity index (χ4n) is 1.53. The van der Waals surface area contributed by atoms with Crippen LogP contribution in [0.5, 0.6) is 0 Å². The molecule has 15 heavy (non-hydrogen) atoms. The van der Waals surface area contributed by atoms with E-state index in [0.717, 1.165) is 16.8 Å². The molecule has 4 heteroatoms. The molecular formula is C11H13ClINO. The Balaban J connectivity index is 3.18. The number of rotatable bonds is 2. The molecule has 82 valence electrons. The van der Waals surface area contributed by atoms with Gasteiger partial charge in [0.25, 0.3) is 0 Å². The van der Waals surface area contributed by atoms with E-state index in [1.807, 2.05) is 13.8 Å². The molecule has 0 heterocycles. The minimum Gasteiger partial charge on any atom is -0.325 e. The highest BCUT2D eigenvalue weighted by Gasteiger charge is 2.10. The van der Waals surface area contributed by atoms with Gasteiger partial charge in [-0.2, -0.15) is 0 Å². The number of carbonyl (C=O) groups excluding carboxylic acids is 1. The number of benzene rings is 1. The van der Waals surface area contributed by atoms with Crippen LogP contribution < -0.4 is 5.32 Å². The number of alkyl halides is 1. The van der Waals surface area contributed by atoms with Crippen LogP contribution in [-0.2, 0) is 4.79 Å². The van der Waals surface area contributed by atoms with Crippen LogP contribution in [-0.4, -0.2) is 11.8 Å². The fourth-order valence-corrected chi connectivity index (χ4v) is 2.02. The first-order chi connectivity index (χ1) is 6.97. The average Bonchev–Trinajstić information content (AvgIpc) is 2.21. The van der Waals surface area contributed by atoms with Crippen molar-refractivity contribution >= 4 is 45.8 Å². The molecule has 2 nitrogen and oxygen atoms in total. The maximum Gasteiger partial charge on any atom is 0.239 e. The summed E-state index contributed by atoms with van der Waals surface area (Å²) in [5.41, 5.74) is 4.29. The average molecular weight is 338 g/mol. The Morgan fingerprint density at radius 1 is 1.40 bits per heavy atom. The van der Waals surface area contributed by atoms with Crippen molar-refractivity contribution in [2.75, 3.05) is 11.2 Å². The van der Waals surface area contributed by atoms with E-state index in [0.29, 0.717) is 0 Å². The zero-order valence-corrected chi connectivity index (χ0v) is 11.9. The Morgan fingerprint density at radius 2 is 2.00 bits per heavy atom. The quantitative estimate of drug-likeness (QED) is 0.650. The predicted octanol–water partition coefficient (Wildman–Crippen LogP) is 3.39. The maximum absolute atomic E-state index is 11.2. The molecule has 0 fully saturated rings. The Hall–Kier alpha value is -0.290. The summed E-state index contributed by atoms with van der Waals surface area (Å²) in [5.74, 6) is -0.175. The summed E-state index contributed by atoms with van der Waals surface area (Å²) in [6, 6.07) is 2.07. The van der Waals surface area contributed by atoms with Gasteiger partial charge in [0.2, 0.25) is 5.91 Å². The maximum atomic E-state index is 11.2. The monoisotopic (exact) mass is 337 g/mol. The lowest BCUT2D eigenvalue weighted by molar-refractivity contribution is -0.113. The molecule has 0 aromatic heterocycles. The molecule has 0 spiro atoms. The molecule has 0 bridgehead atoms. The van der Waals surface area contributed by atoms with E-state index in [9.17, 15) is 4.79 Å². The van der Waals surface area contributed by atoms with Crippen LogP contribution in [0.4, 0.5) is 5.69 Å². The van der Waals surface area contributed by atoms with Crippen molar-refractivity contribution in [3.8, 4) is 0 Å². The second-order valence-corrected chi connectivity index (χ2v) is 4.85. The lowest BCUT2D eigenvalue weighted by Crippen LogP contribution is -2.15. The topological polar surface area (TPSA) is 29.1 Å². The SMILES string of the molecule is Cc1cc(C)c(NC(=O)CCl)c(C)c1I. The highest BCUT2D eigenvalue weighted by molar-refractivity contribution is 14.1. The molecule has 1 rings (SSSR count). The van der Waals surface area contributed by atoms with Crippen LogP contribution in [0.3, 0.4) is 0 Å². The van der Waals surface area contributed by atoms with Gasteiger partial charge in [0.1, 0.15) is 5.88 Å². The predicted molar refractivity (Wildman–Crippen MR) is 72.7 cm³/mol. The molecule has 0 saturated carbocycles. The summed E-state index contributed by atoms with van der Waals surface area (Å²) < 4.78 is 1.18. The van der Waals surface area contributed by atoms with E-state index in [2.05, 4.69) is 40.9 Å². The van der Waals surface area contributed by atoms with Gasteiger partial charge in [0.15, 0.2) is 0 Å². The van der Waals surface area contributed by atoms with Crippen LogP contribution in [0.15, 0.2) is 6.07 Å². The third-order valence-corrected chi connectivity index (χ3v) is 4.17. The highest BCUT2D eigenvalue weighted by Crippen LogP contribution is 2.27. The summed E-state index contributed by atoms with van der Waals surface area (Å²) >= 11 is 7.75. The fraction of sp³-hybridized carbons (Fsp3) is 0.364. The van der Waals surface area contributed by atoms with Crippen LogP contribution >= 0.6 is 34.2 Å². The largest absolute Gasteiger partial charge is 0.325 e. The molecular weight excluding hydrogens is 324 g/mol. The molecule has 0 aliphatic carbocycles. The zero-order valence-electron chi connectivity index (χ0n) is 8.95. The second-order valence-electron chi connectivity index (χ2n) is 3.51. The molecule has 0 saturated heterocycles. The van der Waals surface area contributed by atoms with Crippen molar-refractivity contribution in [3.05, 3.63) is 26.3 Å². The van der Waals surface area contributed by atoms with E-state index >= 15 is 0 Å². The Kier molecular flexibility index (Phi) is 4.40. The first-order valence-corrected chi connectivity index (χ1v) is 6.20. The number of hydrogen-bond acceptors (Lipinski definition) is 1. The van der Waals surface area contributed by atoms with Gasteiger partial charge < -0.3 is 5.32 Å². The number of nitrogens with one attached hydrogen (secondary N) is 1. The molecule has 0 unspecified atom stereocenters. The number of aryl methyl sites for hydroxylation is 2. The van der Waals surface area contributed by atoms with Crippen molar-refractivity contribution in [1.29, 1.82) is 0 Å². The van der Waals surface area contributed by atoms with Gasteiger partial charge in [-0.15, -0.1) is 11.6 Å². The van der Waals surface area contributed by atoms with Gasteiger partial charge in [-0.05, 0) is 60.1 Å². The Bertz CT molecular complexity index is 404. The van der Waals surface area contributed by atoms with Gasteiger partial charge >= 0.3 is 0 Å². The standard InChI is InChI=1S/C11H13ClINO/c1-6-4-7(2)11(8(3)10(6)13)14-9(15)5-12/h4H,5H2,1-3H3,(H,14,15). The van der Waals surface area contributed by atoms with Crippen LogP contribution in [0.25, 0.3) is 0 Å². The number of carbonyl (C=O) groups is 1. The summed E-state index contributed by atoms with van der Waals surface area (Å²) in [6.07, 6.45) is 0. The molecule has 1 aromatic rings. The molecule has 0 radical (unpaired) electrons. The summed E-state index contributed by atoms with van der Waals surface area (Å²) in [7, 11) is 0. The summed E-state index contributed by atoms with van der Waals surface area (Å²) in [4.78, 5) is 11.2. The minimum atomic E-state index is -0.164. The van der Waals surface area contributed by atoms with Crippen LogP contribution in [0, 0.1) is 24.3 Å². The molecule has 1 N–H and O–H groups in total. The van der Waals surface area contributed by atoms with Gasteiger partial charge in [0.05, 0.1) is 0 Å². The Labute approximate surface area is 109 Å². The number of amides is 1. The summed E-state index contributed by atoms with van der Waals surface area (Å²) in [5, 5.41) is 2.82. The molecule has 1 aromatic carbocycles. The molecule has 1 amide bonds. The minimum absolute atomic E-state index is 0.0106. The number of halogens is 2. The van der Waals surface area contributed by atoms with Gasteiger partial charge in [-0.3, -0.25) is 4.79 Å². The smallest absolute Gasteiger partial charge is 0.239 e. The van der Waals surface area contributed by atoms with E-state index in [-0.39, 0.29) is 11.8 Å². The number of hydrogen-bond donors (Lipinski definition) is 1. The third-order valence-electron chi connectivity index (χ3n) is 2.26. The summed E-state index contributed by atoms with van der Waals surface area (Å²) in [6.45, 7) is 6.06. The van der Waals surface area contributed by atoms with Crippen molar-refractivity contribution in [2.45, 2.75) is 20.8 Å². The number of anilines is 1. The van der Waals surface area contributed by atoms with Crippen molar-refractivity contribution in [3.63, 3.8) is 0 Å². The first kappa shape index (κ1) is 12.8. The van der Waals surface area contributed by atoms with E-state index in [1.54, 1.807) is 0 Å². The van der Waals surface area contributed by atoms with Gasteiger partial charge in [-0.25, -0.2) is 0 Å². The molecule has 0 aliphatic heterocycles. The van der Waals surface area contributed by atoms with Crippen LogP contribution in [0.1, 0.15) is 16.7 Å². The second kappa shape index (κ2) is 5.16.